The van der Waals surface area contributed by atoms with Gasteiger partial charge in [-0.25, -0.2) is 0 Å². The van der Waals surface area contributed by atoms with Crippen LogP contribution < -0.4 is 5.32 Å². The molecule has 10 unspecified atom stereocenters. The van der Waals surface area contributed by atoms with Crippen molar-refractivity contribution in [3.8, 4) is 0 Å². The van der Waals surface area contributed by atoms with Crippen LogP contribution in [0.1, 0.15) is 12.8 Å². The van der Waals surface area contributed by atoms with Crippen LogP contribution >= 0.6 is 27.5 Å². The molecule has 3 rings (SSSR count). The van der Waals surface area contributed by atoms with Crippen LogP contribution in [0.4, 0.5) is 0 Å². The third kappa shape index (κ3) is 3.56. The highest BCUT2D eigenvalue weighted by molar-refractivity contribution is 9.09. The van der Waals surface area contributed by atoms with Crippen molar-refractivity contribution in [2.75, 3.05) is 13.2 Å². The number of nitrogens with one attached hydrogen (secondary N) is 1. The Bertz CT molecular complexity index is 419. The number of aliphatic hydroxyl groups excluding tert-OH is 4. The molecular formula is C14H23BrClNO6. The fourth-order valence-corrected chi connectivity index (χ4v) is 4.64. The van der Waals surface area contributed by atoms with Crippen molar-refractivity contribution in [1.29, 1.82) is 0 Å². The first-order valence-electron chi connectivity index (χ1n) is 7.90. The van der Waals surface area contributed by atoms with Gasteiger partial charge in [0.05, 0.1) is 12.7 Å². The van der Waals surface area contributed by atoms with E-state index in [9.17, 15) is 20.4 Å². The lowest BCUT2D eigenvalue weighted by atomic mass is 9.83. The van der Waals surface area contributed by atoms with Gasteiger partial charge in [-0.05, 0) is 12.8 Å². The molecule has 0 spiro atoms. The van der Waals surface area contributed by atoms with Crippen molar-refractivity contribution >= 4 is 27.5 Å². The minimum Gasteiger partial charge on any atom is -0.394 e. The zero-order chi connectivity index (χ0) is 16.7. The highest BCUT2D eigenvalue weighted by atomic mass is 79.9. The molecule has 2 saturated heterocycles. The molecule has 0 aromatic heterocycles. The number of rotatable bonds is 3. The first kappa shape index (κ1) is 18.3. The molecule has 0 bridgehead atoms. The first-order valence-corrected chi connectivity index (χ1v) is 9.25. The Morgan fingerprint density at radius 3 is 2.61 bits per heavy atom. The summed E-state index contributed by atoms with van der Waals surface area (Å²) in [5.74, 6) is 0.224. The van der Waals surface area contributed by atoms with E-state index >= 15 is 0 Å². The minimum atomic E-state index is -1.42. The van der Waals surface area contributed by atoms with Gasteiger partial charge in [0.15, 0.2) is 6.29 Å². The van der Waals surface area contributed by atoms with Crippen LogP contribution in [-0.4, -0.2) is 86.6 Å². The minimum absolute atomic E-state index is 0.0646. The highest BCUT2D eigenvalue weighted by Gasteiger charge is 2.48. The van der Waals surface area contributed by atoms with Crippen LogP contribution in [0.2, 0.25) is 0 Å². The van der Waals surface area contributed by atoms with Crippen LogP contribution in [0, 0.1) is 5.92 Å². The van der Waals surface area contributed by atoms with Gasteiger partial charge in [-0.15, -0.1) is 11.6 Å². The zero-order valence-corrected chi connectivity index (χ0v) is 14.8. The van der Waals surface area contributed by atoms with E-state index in [1.807, 2.05) is 0 Å². The number of fused-ring (bicyclic) bond motifs is 1. The predicted octanol–water partition coefficient (Wildman–Crippen LogP) is -1.08. The maximum Gasteiger partial charge on any atom is 0.187 e. The molecule has 1 saturated carbocycles. The Kier molecular flexibility index (Phi) is 5.88. The second-order valence-electron chi connectivity index (χ2n) is 6.55. The lowest BCUT2D eigenvalue weighted by molar-refractivity contribution is -0.312. The maximum atomic E-state index is 10.1. The number of hydrogen-bond donors (Lipinski definition) is 5. The van der Waals surface area contributed by atoms with Crippen molar-refractivity contribution in [1.82, 2.24) is 5.32 Å². The van der Waals surface area contributed by atoms with Gasteiger partial charge in [0.25, 0.3) is 0 Å². The number of alkyl halides is 2. The quantitative estimate of drug-likeness (QED) is 0.372. The molecule has 2 heterocycles. The molecule has 134 valence electrons. The average molecular weight is 417 g/mol. The second-order valence-corrected chi connectivity index (χ2v) is 8.29. The molecule has 1 aliphatic carbocycles. The average Bonchev–Trinajstić information content (AvgIpc) is 2.90. The smallest absolute Gasteiger partial charge is 0.187 e. The normalized spacial score (nSPS) is 54.0. The molecule has 10 atom stereocenters. The molecule has 3 fully saturated rings. The molecule has 5 N–H and O–H groups in total. The lowest BCUT2D eigenvalue weighted by Crippen LogP contribution is -2.60. The van der Waals surface area contributed by atoms with Crippen LogP contribution in [-0.2, 0) is 9.47 Å². The van der Waals surface area contributed by atoms with Crippen molar-refractivity contribution in [2.24, 2.45) is 5.92 Å². The van der Waals surface area contributed by atoms with Crippen molar-refractivity contribution in [3.05, 3.63) is 0 Å². The van der Waals surface area contributed by atoms with Gasteiger partial charge in [0, 0.05) is 28.7 Å². The molecule has 7 nitrogen and oxygen atoms in total. The summed E-state index contributed by atoms with van der Waals surface area (Å²) in [6.45, 7) is 0.144. The van der Waals surface area contributed by atoms with E-state index in [4.69, 9.17) is 21.1 Å². The SMILES string of the molecule is OCC1OC(OC2CNC3CC(Cl)C(Br)CC32)C(O)C(O)C1O. The van der Waals surface area contributed by atoms with Crippen molar-refractivity contribution in [2.45, 2.75) is 65.9 Å². The van der Waals surface area contributed by atoms with E-state index in [1.54, 1.807) is 0 Å². The molecule has 0 aromatic rings. The third-order valence-electron chi connectivity index (χ3n) is 5.10. The van der Waals surface area contributed by atoms with Crippen LogP contribution in [0.5, 0.6) is 0 Å². The Morgan fingerprint density at radius 1 is 1.17 bits per heavy atom. The standard InChI is InChI=1S/C14H23BrClNO6/c15-6-1-5-8(2-7(6)16)17-3-9(5)22-14-13(21)12(20)11(19)10(4-18)23-14/h5-14,17-21H,1-4H2. The summed E-state index contributed by atoms with van der Waals surface area (Å²) in [6.07, 6.45) is -4.71. The summed E-state index contributed by atoms with van der Waals surface area (Å²) in [5.41, 5.74) is 0. The Morgan fingerprint density at radius 2 is 1.91 bits per heavy atom. The Hall–Kier alpha value is 0.490. The summed E-state index contributed by atoms with van der Waals surface area (Å²) >= 11 is 9.88. The van der Waals surface area contributed by atoms with E-state index in [-0.39, 0.29) is 28.3 Å². The van der Waals surface area contributed by atoms with Gasteiger partial charge in [-0.2, -0.15) is 0 Å². The summed E-state index contributed by atoms with van der Waals surface area (Å²) in [7, 11) is 0. The molecule has 9 heteroatoms. The third-order valence-corrected chi connectivity index (χ3v) is 6.90. The number of aliphatic hydroxyl groups is 4. The largest absolute Gasteiger partial charge is 0.394 e. The molecule has 0 amide bonds. The summed E-state index contributed by atoms with van der Waals surface area (Å²) in [6, 6.07) is 0.251. The lowest BCUT2D eigenvalue weighted by Gasteiger charge is -2.42. The second kappa shape index (κ2) is 7.39. The maximum absolute atomic E-state index is 10.1. The molecule has 2 aliphatic heterocycles. The number of ether oxygens (including phenoxy) is 2. The summed E-state index contributed by atoms with van der Waals surface area (Å²) in [5, 5.41) is 42.4. The number of halogens is 2. The Balaban J connectivity index is 1.64. The van der Waals surface area contributed by atoms with Crippen LogP contribution in [0.15, 0.2) is 0 Å². The van der Waals surface area contributed by atoms with Gasteiger partial charge in [-0.1, -0.05) is 15.9 Å². The van der Waals surface area contributed by atoms with E-state index in [2.05, 4.69) is 21.2 Å². The molecular weight excluding hydrogens is 394 g/mol. The molecule has 0 aromatic carbocycles. The van der Waals surface area contributed by atoms with Crippen LogP contribution in [0.25, 0.3) is 0 Å². The van der Waals surface area contributed by atoms with E-state index in [1.165, 1.54) is 0 Å². The van der Waals surface area contributed by atoms with Crippen LogP contribution in [0.3, 0.4) is 0 Å². The van der Waals surface area contributed by atoms with Gasteiger partial charge >= 0.3 is 0 Å². The highest BCUT2D eigenvalue weighted by Crippen LogP contribution is 2.39. The topological polar surface area (TPSA) is 111 Å². The molecule has 0 radical (unpaired) electrons. The van der Waals surface area contributed by atoms with Gasteiger partial charge < -0.3 is 35.2 Å². The monoisotopic (exact) mass is 415 g/mol. The molecule has 23 heavy (non-hydrogen) atoms. The van der Waals surface area contributed by atoms with E-state index in [0.29, 0.717) is 6.54 Å². The first-order chi connectivity index (χ1) is 10.9. The Labute approximate surface area is 148 Å². The van der Waals surface area contributed by atoms with E-state index in [0.717, 1.165) is 12.8 Å². The van der Waals surface area contributed by atoms with Crippen molar-refractivity contribution < 1.29 is 29.9 Å². The fraction of sp³-hybridized carbons (Fsp3) is 1.00. The number of hydrogen-bond acceptors (Lipinski definition) is 7. The van der Waals surface area contributed by atoms with Gasteiger partial charge in [0.1, 0.15) is 24.4 Å². The van der Waals surface area contributed by atoms with Gasteiger partial charge in [-0.3, -0.25) is 0 Å². The molecule has 3 aliphatic rings. The fourth-order valence-electron chi connectivity index (χ4n) is 3.70. The van der Waals surface area contributed by atoms with E-state index < -0.39 is 37.3 Å². The predicted molar refractivity (Wildman–Crippen MR) is 85.5 cm³/mol. The zero-order valence-electron chi connectivity index (χ0n) is 12.5. The van der Waals surface area contributed by atoms with Crippen molar-refractivity contribution in [3.63, 3.8) is 0 Å². The van der Waals surface area contributed by atoms with Gasteiger partial charge in [0.2, 0.25) is 0 Å². The summed E-state index contributed by atoms with van der Waals surface area (Å²) < 4.78 is 11.3. The summed E-state index contributed by atoms with van der Waals surface area (Å²) in [4.78, 5) is 0.200.